The first kappa shape index (κ1) is 5.41. The van der Waals surface area contributed by atoms with Crippen LogP contribution in [0.15, 0.2) is 12.3 Å². The van der Waals surface area contributed by atoms with E-state index in [0.717, 1.165) is 11.3 Å². The van der Waals surface area contributed by atoms with Gasteiger partial charge < -0.3 is 5.41 Å². The van der Waals surface area contributed by atoms with Crippen molar-refractivity contribution in [3.8, 4) is 0 Å². The standard InChI is InChI=1S/C7H7N3/c8-6-2-1-5-4-9-10-7(5)3-6/h1-2,4,8H,3H2,(H,9,10). The number of hydrogen-bond donors (Lipinski definition) is 2. The molecule has 0 aromatic carbocycles. The summed E-state index contributed by atoms with van der Waals surface area (Å²) >= 11 is 0. The second-order valence-corrected chi connectivity index (χ2v) is 2.34. The van der Waals surface area contributed by atoms with E-state index in [0.29, 0.717) is 12.1 Å². The van der Waals surface area contributed by atoms with Crippen molar-refractivity contribution in [1.82, 2.24) is 10.2 Å². The molecule has 10 heavy (non-hydrogen) atoms. The van der Waals surface area contributed by atoms with Gasteiger partial charge in [-0.15, -0.1) is 0 Å². The van der Waals surface area contributed by atoms with E-state index in [1.807, 2.05) is 6.08 Å². The van der Waals surface area contributed by atoms with Gasteiger partial charge in [-0.2, -0.15) is 5.10 Å². The van der Waals surface area contributed by atoms with E-state index in [9.17, 15) is 0 Å². The van der Waals surface area contributed by atoms with Crippen LogP contribution >= 0.6 is 0 Å². The van der Waals surface area contributed by atoms with Crippen molar-refractivity contribution in [3.05, 3.63) is 23.5 Å². The normalized spacial score (nSPS) is 15.4. The summed E-state index contributed by atoms with van der Waals surface area (Å²) in [5, 5.41) is 14.0. The van der Waals surface area contributed by atoms with Gasteiger partial charge in [0.1, 0.15) is 0 Å². The Kier molecular flexibility index (Phi) is 0.974. The molecule has 0 aliphatic heterocycles. The number of allylic oxidation sites excluding steroid dienone is 1. The first-order valence-corrected chi connectivity index (χ1v) is 3.14. The number of nitrogens with one attached hydrogen (secondary N) is 2. The minimum absolute atomic E-state index is 0.636. The molecule has 0 amide bonds. The Labute approximate surface area is 58.3 Å². The Morgan fingerprint density at radius 3 is 3.30 bits per heavy atom. The van der Waals surface area contributed by atoms with Crippen molar-refractivity contribution in [2.45, 2.75) is 6.42 Å². The average molecular weight is 133 g/mol. The molecule has 1 heterocycles. The summed E-state index contributed by atoms with van der Waals surface area (Å²) in [6, 6.07) is 0. The molecule has 0 unspecified atom stereocenters. The van der Waals surface area contributed by atoms with Crippen LogP contribution in [-0.4, -0.2) is 15.9 Å². The molecule has 3 heteroatoms. The second kappa shape index (κ2) is 1.80. The lowest BCUT2D eigenvalue weighted by atomic mass is 10.0. The Balaban J connectivity index is 2.52. The lowest BCUT2D eigenvalue weighted by Crippen LogP contribution is -2.03. The Morgan fingerprint density at radius 1 is 1.50 bits per heavy atom. The lowest BCUT2D eigenvalue weighted by Gasteiger charge is -2.02. The molecule has 2 N–H and O–H groups in total. The van der Waals surface area contributed by atoms with E-state index >= 15 is 0 Å². The van der Waals surface area contributed by atoms with E-state index in [2.05, 4.69) is 10.2 Å². The molecule has 0 fully saturated rings. The van der Waals surface area contributed by atoms with Crippen LogP contribution in [0.2, 0.25) is 0 Å². The molecular formula is C7H7N3. The molecule has 0 bridgehead atoms. The largest absolute Gasteiger partial charge is 0.305 e. The van der Waals surface area contributed by atoms with E-state index in [1.54, 1.807) is 12.3 Å². The van der Waals surface area contributed by atoms with Crippen LogP contribution in [0.1, 0.15) is 11.3 Å². The summed E-state index contributed by atoms with van der Waals surface area (Å²) in [7, 11) is 0. The molecule has 1 aromatic heterocycles. The molecule has 1 aromatic rings. The molecular weight excluding hydrogens is 126 g/mol. The molecule has 1 aliphatic carbocycles. The van der Waals surface area contributed by atoms with Crippen molar-refractivity contribution in [3.63, 3.8) is 0 Å². The molecule has 0 saturated carbocycles. The number of nitrogens with zero attached hydrogens (tertiary/aromatic N) is 1. The fourth-order valence-electron chi connectivity index (χ4n) is 1.05. The highest BCUT2D eigenvalue weighted by Gasteiger charge is 2.07. The van der Waals surface area contributed by atoms with E-state index < -0.39 is 0 Å². The lowest BCUT2D eigenvalue weighted by molar-refractivity contribution is 1.02. The third-order valence-electron chi connectivity index (χ3n) is 1.58. The summed E-state index contributed by atoms with van der Waals surface area (Å²) in [6.07, 6.45) is 6.17. The van der Waals surface area contributed by atoms with Crippen LogP contribution in [0.25, 0.3) is 6.08 Å². The van der Waals surface area contributed by atoms with Crippen LogP contribution < -0.4 is 0 Å². The Bertz CT molecular complexity index is 296. The quantitative estimate of drug-likeness (QED) is 0.545. The third kappa shape index (κ3) is 0.673. The highest BCUT2D eigenvalue weighted by atomic mass is 15.1. The fourth-order valence-corrected chi connectivity index (χ4v) is 1.05. The predicted octanol–water partition coefficient (Wildman–Crippen LogP) is 0.999. The first-order valence-electron chi connectivity index (χ1n) is 3.14. The van der Waals surface area contributed by atoms with E-state index in [-0.39, 0.29) is 0 Å². The number of H-pyrrole nitrogens is 1. The summed E-state index contributed by atoms with van der Waals surface area (Å²) in [5.74, 6) is 0. The van der Waals surface area contributed by atoms with Crippen LogP contribution in [0.3, 0.4) is 0 Å². The maximum Gasteiger partial charge on any atom is 0.0562 e. The fraction of sp³-hybridized carbons (Fsp3) is 0.143. The Hall–Kier alpha value is -1.38. The molecule has 50 valence electrons. The summed E-state index contributed by atoms with van der Waals surface area (Å²) < 4.78 is 0. The van der Waals surface area contributed by atoms with Gasteiger partial charge in [-0.25, -0.2) is 0 Å². The summed E-state index contributed by atoms with van der Waals surface area (Å²) in [5.41, 5.74) is 2.79. The highest BCUT2D eigenvalue weighted by Crippen LogP contribution is 2.12. The zero-order chi connectivity index (χ0) is 6.97. The van der Waals surface area contributed by atoms with E-state index in [1.165, 1.54) is 0 Å². The van der Waals surface area contributed by atoms with Gasteiger partial charge in [0, 0.05) is 23.4 Å². The molecule has 1 aliphatic rings. The highest BCUT2D eigenvalue weighted by molar-refractivity contribution is 5.99. The van der Waals surface area contributed by atoms with Gasteiger partial charge in [0.15, 0.2) is 0 Å². The van der Waals surface area contributed by atoms with Crippen molar-refractivity contribution < 1.29 is 0 Å². The minimum Gasteiger partial charge on any atom is -0.305 e. The number of aromatic amines is 1. The van der Waals surface area contributed by atoms with Crippen molar-refractivity contribution >= 4 is 11.8 Å². The molecule has 3 nitrogen and oxygen atoms in total. The molecule has 0 radical (unpaired) electrons. The van der Waals surface area contributed by atoms with Gasteiger partial charge >= 0.3 is 0 Å². The number of fused-ring (bicyclic) bond motifs is 1. The van der Waals surface area contributed by atoms with Gasteiger partial charge in [0.25, 0.3) is 0 Å². The van der Waals surface area contributed by atoms with E-state index in [4.69, 9.17) is 5.41 Å². The average Bonchev–Trinajstić information content (AvgIpc) is 2.33. The number of aromatic nitrogens is 2. The van der Waals surface area contributed by atoms with Gasteiger partial charge in [0.2, 0.25) is 0 Å². The van der Waals surface area contributed by atoms with Crippen molar-refractivity contribution in [2.75, 3.05) is 0 Å². The SMILES string of the molecule is N=C1C=Cc2cn[nH]c2C1. The minimum atomic E-state index is 0.636. The number of hydrogen-bond acceptors (Lipinski definition) is 2. The second-order valence-electron chi connectivity index (χ2n) is 2.34. The van der Waals surface area contributed by atoms with Gasteiger partial charge in [-0.05, 0) is 12.2 Å². The Morgan fingerprint density at radius 2 is 2.40 bits per heavy atom. The maximum atomic E-state index is 7.32. The van der Waals surface area contributed by atoms with Crippen molar-refractivity contribution in [1.29, 1.82) is 5.41 Å². The number of rotatable bonds is 0. The van der Waals surface area contributed by atoms with Crippen LogP contribution in [-0.2, 0) is 6.42 Å². The monoisotopic (exact) mass is 133 g/mol. The zero-order valence-electron chi connectivity index (χ0n) is 5.39. The van der Waals surface area contributed by atoms with Gasteiger partial charge in [-0.3, -0.25) is 5.10 Å². The molecule has 0 spiro atoms. The van der Waals surface area contributed by atoms with Gasteiger partial charge in [-0.1, -0.05) is 0 Å². The third-order valence-corrected chi connectivity index (χ3v) is 1.58. The van der Waals surface area contributed by atoms with Crippen LogP contribution in [0, 0.1) is 5.41 Å². The topological polar surface area (TPSA) is 52.5 Å². The van der Waals surface area contributed by atoms with Crippen molar-refractivity contribution in [2.24, 2.45) is 0 Å². The summed E-state index contributed by atoms with van der Waals surface area (Å²) in [6.45, 7) is 0. The zero-order valence-corrected chi connectivity index (χ0v) is 5.39. The predicted molar refractivity (Wildman–Crippen MR) is 39.1 cm³/mol. The van der Waals surface area contributed by atoms with Crippen LogP contribution in [0.4, 0.5) is 0 Å². The molecule has 2 rings (SSSR count). The maximum absolute atomic E-state index is 7.32. The smallest absolute Gasteiger partial charge is 0.0562 e. The van der Waals surface area contributed by atoms with Gasteiger partial charge in [0.05, 0.1) is 6.20 Å². The first-order chi connectivity index (χ1) is 4.86. The molecule has 0 saturated heterocycles. The summed E-state index contributed by atoms with van der Waals surface area (Å²) in [4.78, 5) is 0. The van der Waals surface area contributed by atoms with Crippen LogP contribution in [0.5, 0.6) is 0 Å². The molecule has 0 atom stereocenters.